The molecule has 316 valence electrons. The molecule has 0 rings (SSSR count). The number of nitrogens with two attached hydrogens (primary N) is 1. The van der Waals surface area contributed by atoms with Crippen molar-refractivity contribution in [2.75, 3.05) is 92.2 Å². The quantitative estimate of drug-likeness (QED) is 0.0200. The molecule has 2 atom stereocenters. The van der Waals surface area contributed by atoms with Gasteiger partial charge in [-0.05, 0) is 59.9 Å². The van der Waals surface area contributed by atoms with E-state index in [0.717, 1.165) is 0 Å². The second-order valence-corrected chi connectivity index (χ2v) is 13.8. The van der Waals surface area contributed by atoms with Crippen LogP contribution in [0, 0.1) is 0 Å². The zero-order chi connectivity index (χ0) is 41.5. The SMILES string of the molecule is CC(C)(C)OC(=O)[C@H](CCC(=O)NCCOCCN=[N+]=[N-])NC(=O)COCCOCCNC(=O)COCCOCCNC(=O)CC[C@H](N)C(=O)OC(C)(C)C. The van der Waals surface area contributed by atoms with Crippen molar-refractivity contribution in [1.82, 2.24) is 21.3 Å². The molecule has 0 aromatic heterocycles. The van der Waals surface area contributed by atoms with Crippen LogP contribution >= 0.6 is 0 Å². The molecule has 0 heterocycles. The summed E-state index contributed by atoms with van der Waals surface area (Å²) in [6.45, 7) is 12.1. The summed E-state index contributed by atoms with van der Waals surface area (Å²) in [5.41, 5.74) is 12.5. The number of carbonyl (C=O) groups excluding carboxylic acids is 6. The van der Waals surface area contributed by atoms with Crippen molar-refractivity contribution in [3.05, 3.63) is 10.4 Å². The lowest BCUT2D eigenvalue weighted by molar-refractivity contribution is -0.159. The number of carbonyl (C=O) groups is 6. The maximum absolute atomic E-state index is 12.7. The van der Waals surface area contributed by atoms with E-state index in [0.29, 0.717) is 0 Å². The minimum absolute atomic E-state index is 0.00277. The van der Waals surface area contributed by atoms with Gasteiger partial charge in [-0.25, -0.2) is 4.79 Å². The molecule has 6 N–H and O–H groups in total. The largest absolute Gasteiger partial charge is 0.459 e. The lowest BCUT2D eigenvalue weighted by atomic mass is 10.1. The van der Waals surface area contributed by atoms with E-state index in [1.54, 1.807) is 41.5 Å². The molecule has 55 heavy (non-hydrogen) atoms. The predicted octanol–water partition coefficient (Wildman–Crippen LogP) is -0.216. The number of ether oxygens (including phenoxy) is 7. The molecule has 0 aliphatic rings. The minimum atomic E-state index is -1.08. The first-order valence-electron chi connectivity index (χ1n) is 18.1. The van der Waals surface area contributed by atoms with Crippen LogP contribution in [0.1, 0.15) is 67.2 Å². The number of nitrogens with one attached hydrogen (secondary N) is 4. The molecule has 0 spiro atoms. The number of hydrogen-bond acceptors (Lipinski definition) is 15. The average Bonchev–Trinajstić information content (AvgIpc) is 3.09. The Labute approximate surface area is 322 Å². The van der Waals surface area contributed by atoms with Crippen molar-refractivity contribution in [2.45, 2.75) is 90.5 Å². The highest BCUT2D eigenvalue weighted by molar-refractivity contribution is 5.86. The van der Waals surface area contributed by atoms with Gasteiger partial charge < -0.3 is 60.2 Å². The molecular formula is C34H62N8O13. The van der Waals surface area contributed by atoms with E-state index in [2.05, 4.69) is 31.3 Å². The van der Waals surface area contributed by atoms with Gasteiger partial charge in [-0.2, -0.15) is 0 Å². The van der Waals surface area contributed by atoms with Crippen molar-refractivity contribution in [3.8, 4) is 0 Å². The highest BCUT2D eigenvalue weighted by atomic mass is 16.6. The Morgan fingerprint density at radius 3 is 1.55 bits per heavy atom. The Hall–Kier alpha value is -4.11. The Kier molecular flexibility index (Phi) is 27.9. The van der Waals surface area contributed by atoms with Crippen LogP contribution in [0.5, 0.6) is 0 Å². The molecule has 0 aromatic carbocycles. The van der Waals surface area contributed by atoms with E-state index in [9.17, 15) is 28.8 Å². The topological polar surface area (TPSA) is 290 Å². The van der Waals surface area contributed by atoms with Gasteiger partial charge in [0.2, 0.25) is 23.6 Å². The Morgan fingerprint density at radius 1 is 0.600 bits per heavy atom. The van der Waals surface area contributed by atoms with Gasteiger partial charge in [0.1, 0.15) is 36.5 Å². The zero-order valence-electron chi connectivity index (χ0n) is 33.1. The second kappa shape index (κ2) is 30.2. The Bertz CT molecular complexity index is 1200. The number of rotatable bonds is 31. The van der Waals surface area contributed by atoms with E-state index in [-0.39, 0.29) is 136 Å². The number of nitrogens with zero attached hydrogens (tertiary/aromatic N) is 3. The highest BCUT2D eigenvalue weighted by Gasteiger charge is 2.27. The molecule has 0 fully saturated rings. The summed E-state index contributed by atoms with van der Waals surface area (Å²) < 4.78 is 37.1. The van der Waals surface area contributed by atoms with E-state index in [1.165, 1.54) is 0 Å². The lowest BCUT2D eigenvalue weighted by Crippen LogP contribution is -2.46. The fraction of sp³-hybridized carbons (Fsp3) is 0.824. The molecule has 21 heteroatoms. The third-order valence-corrected chi connectivity index (χ3v) is 6.39. The van der Waals surface area contributed by atoms with Crippen LogP contribution in [0.3, 0.4) is 0 Å². The van der Waals surface area contributed by atoms with E-state index >= 15 is 0 Å². The van der Waals surface area contributed by atoms with E-state index in [1.807, 2.05) is 0 Å². The first kappa shape index (κ1) is 50.9. The van der Waals surface area contributed by atoms with Crippen molar-refractivity contribution >= 4 is 35.6 Å². The van der Waals surface area contributed by atoms with Gasteiger partial charge in [-0.1, -0.05) is 5.11 Å². The summed E-state index contributed by atoms with van der Waals surface area (Å²) in [6.07, 6.45) is 0.173. The monoisotopic (exact) mass is 790 g/mol. The summed E-state index contributed by atoms with van der Waals surface area (Å²) in [6, 6.07) is -1.96. The predicted molar refractivity (Wildman–Crippen MR) is 197 cm³/mol. The van der Waals surface area contributed by atoms with Crippen LogP contribution in [-0.2, 0) is 61.9 Å². The van der Waals surface area contributed by atoms with Gasteiger partial charge >= 0.3 is 11.9 Å². The standard InChI is InChI=1S/C34H62N8O13/c1-33(2,3)54-31(47)25(35)7-9-27(43)37-12-16-50-19-21-52-23-29(45)39-13-17-51-20-22-53-24-30(46)41-26(32(48)55-34(4,5)6)8-10-28(44)38-11-15-49-18-14-40-42-36/h25-26H,7-24,35H2,1-6H3,(H,37,43)(H,38,44)(H,39,45)(H,41,46)/t25-,26-/m0/s1. The maximum Gasteiger partial charge on any atom is 0.329 e. The first-order valence-corrected chi connectivity index (χ1v) is 18.1. The molecule has 0 aliphatic heterocycles. The molecule has 0 radical (unpaired) electrons. The van der Waals surface area contributed by atoms with Gasteiger partial charge in [-0.15, -0.1) is 0 Å². The third kappa shape index (κ3) is 33.0. The van der Waals surface area contributed by atoms with E-state index < -0.39 is 41.1 Å². The van der Waals surface area contributed by atoms with Crippen molar-refractivity contribution in [2.24, 2.45) is 10.8 Å². The van der Waals surface area contributed by atoms with Crippen LogP contribution < -0.4 is 27.0 Å². The summed E-state index contributed by atoms with van der Waals surface area (Å²) in [5.74, 6) is -2.78. The molecule has 0 bridgehead atoms. The Balaban J connectivity index is 4.02. The fourth-order valence-corrected chi connectivity index (χ4v) is 3.95. The van der Waals surface area contributed by atoms with Crippen LogP contribution in [0.15, 0.2) is 5.11 Å². The summed E-state index contributed by atoms with van der Waals surface area (Å²) >= 11 is 0. The average molecular weight is 791 g/mol. The molecule has 0 saturated carbocycles. The lowest BCUT2D eigenvalue weighted by Gasteiger charge is -2.24. The number of esters is 2. The minimum Gasteiger partial charge on any atom is -0.459 e. The number of hydrogen-bond donors (Lipinski definition) is 5. The van der Waals surface area contributed by atoms with Crippen molar-refractivity contribution in [3.63, 3.8) is 0 Å². The normalized spacial score (nSPS) is 12.4. The smallest absolute Gasteiger partial charge is 0.329 e. The summed E-state index contributed by atoms with van der Waals surface area (Å²) in [7, 11) is 0. The summed E-state index contributed by atoms with van der Waals surface area (Å²) in [4.78, 5) is 75.7. The van der Waals surface area contributed by atoms with Crippen LogP contribution in [-0.4, -0.2) is 151 Å². The first-order chi connectivity index (χ1) is 25.9. The van der Waals surface area contributed by atoms with E-state index in [4.69, 9.17) is 44.4 Å². The van der Waals surface area contributed by atoms with Gasteiger partial charge in [0.05, 0.1) is 52.9 Å². The fourth-order valence-electron chi connectivity index (χ4n) is 3.95. The van der Waals surface area contributed by atoms with Crippen molar-refractivity contribution < 1.29 is 61.9 Å². The molecule has 0 aromatic rings. The molecular weight excluding hydrogens is 728 g/mol. The Morgan fingerprint density at radius 2 is 1.04 bits per heavy atom. The van der Waals surface area contributed by atoms with Crippen LogP contribution in [0.25, 0.3) is 10.4 Å². The highest BCUT2D eigenvalue weighted by Crippen LogP contribution is 2.11. The third-order valence-electron chi connectivity index (χ3n) is 6.39. The molecule has 0 aliphatic carbocycles. The molecule has 0 unspecified atom stereocenters. The van der Waals surface area contributed by atoms with Crippen LogP contribution in [0.2, 0.25) is 0 Å². The van der Waals surface area contributed by atoms with Gasteiger partial charge in [0.15, 0.2) is 0 Å². The number of azide groups is 1. The zero-order valence-corrected chi connectivity index (χ0v) is 33.1. The van der Waals surface area contributed by atoms with Gasteiger partial charge in [0, 0.05) is 43.9 Å². The summed E-state index contributed by atoms with van der Waals surface area (Å²) in [5, 5.41) is 13.8. The molecule has 4 amide bonds. The molecule has 21 nitrogen and oxygen atoms in total. The van der Waals surface area contributed by atoms with Crippen LogP contribution in [0.4, 0.5) is 0 Å². The maximum atomic E-state index is 12.7. The van der Waals surface area contributed by atoms with Gasteiger partial charge in [0.25, 0.3) is 0 Å². The second-order valence-electron chi connectivity index (χ2n) is 13.8. The van der Waals surface area contributed by atoms with Crippen molar-refractivity contribution in [1.29, 1.82) is 0 Å². The van der Waals surface area contributed by atoms with Gasteiger partial charge in [-0.3, -0.25) is 24.0 Å². The molecule has 0 saturated heterocycles. The number of amides is 4.